The van der Waals surface area contributed by atoms with Crippen molar-refractivity contribution in [2.75, 3.05) is 5.32 Å². The molecule has 0 aliphatic rings. The first-order valence-electron chi connectivity index (χ1n) is 4.86. The minimum absolute atomic E-state index is 0.372. The minimum atomic E-state index is -4.96. The molecule has 0 radical (unpaired) electrons. The first kappa shape index (κ1) is 16.1. The molecule has 0 unspecified atom stereocenters. The highest BCUT2D eigenvalue weighted by atomic mass is 19.3. The van der Waals surface area contributed by atoms with Crippen LogP contribution in [0.25, 0.3) is 0 Å². The number of amides is 1. The summed E-state index contributed by atoms with van der Waals surface area (Å²) in [5, 5.41) is 1.33. The maximum Gasteiger partial charge on any atom is 0.387 e. The molecular weight excluding hydrogens is 299 g/mol. The van der Waals surface area contributed by atoms with Gasteiger partial charge in [0.1, 0.15) is 0 Å². The highest BCUT2D eigenvalue weighted by molar-refractivity contribution is 5.96. The number of carbonyl (C=O) groups excluding carboxylic acids is 1. The molecule has 0 aromatic heterocycles. The lowest BCUT2D eigenvalue weighted by Crippen LogP contribution is -2.41. The fourth-order valence-corrected chi connectivity index (χ4v) is 1.08. The molecule has 3 nitrogen and oxygen atoms in total. The minimum Gasteiger partial charge on any atom is -0.432 e. The molecule has 0 heterocycles. The second kappa shape index (κ2) is 5.97. The normalized spacial score (nSPS) is 11.8. The maximum atomic E-state index is 13.2. The van der Waals surface area contributed by atoms with E-state index in [9.17, 15) is 35.5 Å². The number of anilines is 1. The smallest absolute Gasteiger partial charge is 0.387 e. The summed E-state index contributed by atoms with van der Waals surface area (Å²) in [6.07, 6.45) is -4.24. The summed E-state index contributed by atoms with van der Waals surface area (Å²) in [6, 6.07) is 1.73. The van der Waals surface area contributed by atoms with Crippen LogP contribution in [-0.2, 0) is 4.79 Å². The number of benzene rings is 1. The van der Waals surface area contributed by atoms with Crippen LogP contribution >= 0.6 is 0 Å². The molecule has 0 aliphatic carbocycles. The summed E-state index contributed by atoms with van der Waals surface area (Å²) in [5.74, 6) is -9.59. The number of halogens is 7. The van der Waals surface area contributed by atoms with Crippen molar-refractivity contribution in [1.82, 2.24) is 0 Å². The molecule has 20 heavy (non-hydrogen) atoms. The molecular formula is C10H6F7NO2. The van der Waals surface area contributed by atoms with E-state index in [1.807, 2.05) is 0 Å². The molecule has 0 saturated carbocycles. The summed E-state index contributed by atoms with van der Waals surface area (Å²) in [4.78, 5) is 10.8. The average molecular weight is 305 g/mol. The highest BCUT2D eigenvalue weighted by Gasteiger charge is 2.48. The first-order valence-corrected chi connectivity index (χ1v) is 4.86. The third-order valence-electron chi connectivity index (χ3n) is 1.98. The largest absolute Gasteiger partial charge is 0.432 e. The van der Waals surface area contributed by atoms with Crippen molar-refractivity contribution in [3.8, 4) is 5.75 Å². The van der Waals surface area contributed by atoms with E-state index in [4.69, 9.17) is 0 Å². The predicted molar refractivity (Wildman–Crippen MR) is 52.6 cm³/mol. The van der Waals surface area contributed by atoms with Crippen LogP contribution in [0.2, 0.25) is 0 Å². The Balaban J connectivity index is 2.85. The van der Waals surface area contributed by atoms with Crippen LogP contribution < -0.4 is 10.1 Å². The SMILES string of the molecule is O=C(Nc1ccc(OC(F)F)c(F)c1)C(F)(F)C(F)F. The van der Waals surface area contributed by atoms with Crippen molar-refractivity contribution >= 4 is 11.6 Å². The van der Waals surface area contributed by atoms with Gasteiger partial charge in [-0.3, -0.25) is 4.79 Å². The number of ether oxygens (including phenoxy) is 1. The summed E-state index contributed by atoms with van der Waals surface area (Å²) < 4.78 is 89.4. The van der Waals surface area contributed by atoms with E-state index in [0.717, 1.165) is 6.07 Å². The lowest BCUT2D eigenvalue weighted by molar-refractivity contribution is -0.163. The Labute approximate surface area is 107 Å². The van der Waals surface area contributed by atoms with Gasteiger partial charge in [0.25, 0.3) is 0 Å². The fraction of sp³-hybridized carbons (Fsp3) is 0.300. The topological polar surface area (TPSA) is 38.3 Å². The number of alkyl halides is 6. The van der Waals surface area contributed by atoms with Crippen LogP contribution in [0.4, 0.5) is 36.4 Å². The third-order valence-corrected chi connectivity index (χ3v) is 1.98. The maximum absolute atomic E-state index is 13.2. The molecule has 0 spiro atoms. The van der Waals surface area contributed by atoms with Crippen LogP contribution in [0.3, 0.4) is 0 Å². The van der Waals surface area contributed by atoms with Gasteiger partial charge in [-0.2, -0.15) is 17.6 Å². The number of nitrogens with one attached hydrogen (secondary N) is 1. The zero-order valence-corrected chi connectivity index (χ0v) is 9.35. The zero-order valence-electron chi connectivity index (χ0n) is 9.35. The van der Waals surface area contributed by atoms with E-state index in [0.29, 0.717) is 12.1 Å². The van der Waals surface area contributed by atoms with Gasteiger partial charge < -0.3 is 10.1 Å². The number of carbonyl (C=O) groups is 1. The van der Waals surface area contributed by atoms with E-state index in [1.54, 1.807) is 0 Å². The molecule has 1 amide bonds. The summed E-state index contributed by atoms with van der Waals surface area (Å²) >= 11 is 0. The van der Waals surface area contributed by atoms with Gasteiger partial charge in [-0.15, -0.1) is 0 Å². The molecule has 1 aromatic carbocycles. The van der Waals surface area contributed by atoms with Crippen molar-refractivity contribution in [2.24, 2.45) is 0 Å². The van der Waals surface area contributed by atoms with Crippen LogP contribution in [0, 0.1) is 5.82 Å². The molecule has 0 saturated heterocycles. The summed E-state index contributed by atoms with van der Waals surface area (Å²) in [7, 11) is 0. The van der Waals surface area contributed by atoms with Crippen LogP contribution in [0.5, 0.6) is 5.75 Å². The lowest BCUT2D eigenvalue weighted by Gasteiger charge is -2.15. The Kier molecular flexibility index (Phi) is 4.79. The fourth-order valence-electron chi connectivity index (χ4n) is 1.08. The summed E-state index contributed by atoms with van der Waals surface area (Å²) in [5.41, 5.74) is -0.616. The molecule has 1 aromatic rings. The van der Waals surface area contributed by atoms with Gasteiger partial charge in [-0.05, 0) is 12.1 Å². The summed E-state index contributed by atoms with van der Waals surface area (Å²) in [6.45, 7) is -3.31. The molecule has 1 rings (SSSR count). The molecule has 10 heteroatoms. The van der Waals surface area contributed by atoms with Gasteiger partial charge in [0, 0.05) is 11.8 Å². The van der Waals surface area contributed by atoms with Gasteiger partial charge in [-0.1, -0.05) is 0 Å². The Morgan fingerprint density at radius 3 is 2.25 bits per heavy atom. The first-order chi connectivity index (χ1) is 9.14. The Bertz CT molecular complexity index is 492. The van der Waals surface area contributed by atoms with E-state index in [-0.39, 0.29) is 0 Å². The van der Waals surface area contributed by atoms with Crippen molar-refractivity contribution < 1.29 is 40.3 Å². The van der Waals surface area contributed by atoms with Crippen LogP contribution in [-0.4, -0.2) is 24.9 Å². The second-order valence-corrected chi connectivity index (χ2v) is 3.40. The van der Waals surface area contributed by atoms with Gasteiger partial charge in [-0.25, -0.2) is 13.2 Å². The van der Waals surface area contributed by atoms with Gasteiger partial charge in [0.2, 0.25) is 0 Å². The quantitative estimate of drug-likeness (QED) is 0.848. The van der Waals surface area contributed by atoms with E-state index in [2.05, 4.69) is 4.74 Å². The molecule has 112 valence electrons. The number of hydrogen-bond acceptors (Lipinski definition) is 2. The van der Waals surface area contributed by atoms with Crippen molar-refractivity contribution in [3.63, 3.8) is 0 Å². The van der Waals surface area contributed by atoms with Crippen molar-refractivity contribution in [1.29, 1.82) is 0 Å². The standard InChI is InChI=1S/C10H6F7NO2/c11-5-3-4(1-2-6(5)20-9(14)15)18-8(19)10(16,17)7(12)13/h1-3,7,9H,(H,18,19). The second-order valence-electron chi connectivity index (χ2n) is 3.40. The van der Waals surface area contributed by atoms with E-state index < -0.39 is 42.1 Å². The monoisotopic (exact) mass is 305 g/mol. The van der Waals surface area contributed by atoms with Crippen molar-refractivity contribution in [2.45, 2.75) is 19.0 Å². The Morgan fingerprint density at radius 2 is 1.80 bits per heavy atom. The number of rotatable bonds is 5. The Hall–Kier alpha value is -2.00. The van der Waals surface area contributed by atoms with Crippen molar-refractivity contribution in [3.05, 3.63) is 24.0 Å². The van der Waals surface area contributed by atoms with Gasteiger partial charge >= 0.3 is 24.9 Å². The molecule has 0 aliphatic heterocycles. The molecule has 1 N–H and O–H groups in total. The van der Waals surface area contributed by atoms with E-state index in [1.165, 1.54) is 5.32 Å². The predicted octanol–water partition coefficient (Wildman–Crippen LogP) is 3.27. The molecule has 0 bridgehead atoms. The molecule has 0 atom stereocenters. The van der Waals surface area contributed by atoms with Crippen LogP contribution in [0.15, 0.2) is 18.2 Å². The highest BCUT2D eigenvalue weighted by Crippen LogP contribution is 2.27. The van der Waals surface area contributed by atoms with Crippen LogP contribution in [0.1, 0.15) is 0 Å². The zero-order chi connectivity index (χ0) is 15.5. The Morgan fingerprint density at radius 1 is 1.20 bits per heavy atom. The average Bonchev–Trinajstić information content (AvgIpc) is 2.31. The third kappa shape index (κ3) is 3.75. The van der Waals surface area contributed by atoms with Gasteiger partial charge in [0.15, 0.2) is 11.6 Å². The number of hydrogen-bond donors (Lipinski definition) is 1. The molecule has 0 fully saturated rings. The van der Waals surface area contributed by atoms with Gasteiger partial charge in [0.05, 0.1) is 0 Å². The van der Waals surface area contributed by atoms with E-state index >= 15 is 0 Å². The lowest BCUT2D eigenvalue weighted by atomic mass is 10.2.